The Morgan fingerprint density at radius 2 is 2.00 bits per heavy atom. The first-order chi connectivity index (χ1) is 7.83. The van der Waals surface area contributed by atoms with Gasteiger partial charge in [-0.25, -0.2) is 8.42 Å². The highest BCUT2D eigenvalue weighted by atomic mass is 32.2. The summed E-state index contributed by atoms with van der Waals surface area (Å²) in [5, 5.41) is -0.322. The molecule has 0 saturated carbocycles. The minimum Gasteiger partial charge on any atom is -0.399 e. The van der Waals surface area contributed by atoms with Gasteiger partial charge in [0.2, 0.25) is 0 Å². The van der Waals surface area contributed by atoms with Crippen molar-refractivity contribution in [1.29, 1.82) is 0 Å². The molecule has 2 N–H and O–H groups in total. The lowest BCUT2D eigenvalue weighted by Crippen LogP contribution is -2.28. The molecule has 96 valence electrons. The van der Waals surface area contributed by atoms with Crippen LogP contribution in [0.5, 0.6) is 0 Å². The maximum Gasteiger partial charge on any atom is 0.154 e. The third-order valence-corrected chi connectivity index (χ3v) is 4.93. The summed E-state index contributed by atoms with van der Waals surface area (Å²) in [6.07, 6.45) is 0. The van der Waals surface area contributed by atoms with Crippen LogP contribution in [0.4, 0.5) is 11.4 Å². The number of hydrogen-bond donors (Lipinski definition) is 1. The Bertz CT molecular complexity index is 469. The Hall–Kier alpha value is -1.23. The summed E-state index contributed by atoms with van der Waals surface area (Å²) in [6.45, 7) is 3.88. The largest absolute Gasteiger partial charge is 0.399 e. The van der Waals surface area contributed by atoms with Crippen molar-refractivity contribution in [1.82, 2.24) is 0 Å². The van der Waals surface area contributed by atoms with Gasteiger partial charge in [-0.05, 0) is 32.0 Å². The Morgan fingerprint density at radius 1 is 1.35 bits per heavy atom. The fourth-order valence-corrected chi connectivity index (χ4v) is 2.39. The van der Waals surface area contributed by atoms with E-state index in [2.05, 4.69) is 0 Å². The van der Waals surface area contributed by atoms with Crippen LogP contribution in [0.1, 0.15) is 13.8 Å². The first kappa shape index (κ1) is 13.8. The number of sulfone groups is 1. The molecule has 0 unspecified atom stereocenters. The van der Waals surface area contributed by atoms with Crippen molar-refractivity contribution in [2.24, 2.45) is 0 Å². The average Bonchev–Trinajstić information content (AvgIpc) is 2.25. The van der Waals surface area contributed by atoms with Gasteiger partial charge in [0.15, 0.2) is 9.84 Å². The number of anilines is 2. The minimum absolute atomic E-state index is 0.163. The maximum absolute atomic E-state index is 11.7. The van der Waals surface area contributed by atoms with Gasteiger partial charge in [0.1, 0.15) is 0 Å². The fourth-order valence-electron chi connectivity index (χ4n) is 1.39. The van der Waals surface area contributed by atoms with E-state index in [0.717, 1.165) is 5.69 Å². The predicted octanol–water partition coefficient (Wildman–Crippen LogP) is 1.53. The standard InChI is InChI=1S/C12H20N2O2S/c1-10(2)17(15,16)8-7-14(3)12-6-4-5-11(13)9-12/h4-6,9-10H,7-8,13H2,1-3H3. The summed E-state index contributed by atoms with van der Waals surface area (Å²) in [7, 11) is -1.12. The Labute approximate surface area is 103 Å². The monoisotopic (exact) mass is 256 g/mol. The fraction of sp³-hybridized carbons (Fsp3) is 0.500. The second-order valence-electron chi connectivity index (χ2n) is 4.43. The second kappa shape index (κ2) is 5.40. The van der Waals surface area contributed by atoms with E-state index in [1.165, 1.54) is 0 Å². The first-order valence-corrected chi connectivity index (χ1v) is 7.32. The summed E-state index contributed by atoms with van der Waals surface area (Å²) in [5.74, 6) is 0.163. The maximum atomic E-state index is 11.7. The molecule has 4 nitrogen and oxygen atoms in total. The zero-order valence-electron chi connectivity index (χ0n) is 10.6. The number of nitrogens with two attached hydrogens (primary N) is 1. The highest BCUT2D eigenvalue weighted by Gasteiger charge is 2.16. The smallest absolute Gasteiger partial charge is 0.154 e. The van der Waals surface area contributed by atoms with Crippen LogP contribution < -0.4 is 10.6 Å². The number of nitrogens with zero attached hydrogens (tertiary/aromatic N) is 1. The quantitative estimate of drug-likeness (QED) is 0.811. The third-order valence-electron chi connectivity index (χ3n) is 2.74. The average molecular weight is 256 g/mol. The van der Waals surface area contributed by atoms with Crippen LogP contribution >= 0.6 is 0 Å². The lowest BCUT2D eigenvalue weighted by atomic mass is 10.2. The minimum atomic E-state index is -2.98. The van der Waals surface area contributed by atoms with E-state index >= 15 is 0 Å². The van der Waals surface area contributed by atoms with E-state index in [0.29, 0.717) is 12.2 Å². The van der Waals surface area contributed by atoms with Gasteiger partial charge in [0.25, 0.3) is 0 Å². The lowest BCUT2D eigenvalue weighted by molar-refractivity contribution is 0.586. The molecular weight excluding hydrogens is 236 g/mol. The summed E-state index contributed by atoms with van der Waals surface area (Å²) in [6, 6.07) is 7.42. The molecule has 0 aliphatic carbocycles. The summed E-state index contributed by atoms with van der Waals surface area (Å²) < 4.78 is 23.4. The number of benzene rings is 1. The highest BCUT2D eigenvalue weighted by molar-refractivity contribution is 7.92. The zero-order valence-corrected chi connectivity index (χ0v) is 11.4. The summed E-state index contributed by atoms with van der Waals surface area (Å²) in [4.78, 5) is 1.90. The van der Waals surface area contributed by atoms with Crippen molar-refractivity contribution in [3.8, 4) is 0 Å². The van der Waals surface area contributed by atoms with Crippen LogP contribution in [0.25, 0.3) is 0 Å². The molecule has 0 spiro atoms. The van der Waals surface area contributed by atoms with Crippen molar-refractivity contribution < 1.29 is 8.42 Å². The molecule has 0 heterocycles. The van der Waals surface area contributed by atoms with Crippen molar-refractivity contribution >= 4 is 21.2 Å². The van der Waals surface area contributed by atoms with E-state index in [4.69, 9.17) is 5.73 Å². The predicted molar refractivity (Wildman–Crippen MR) is 73.0 cm³/mol. The van der Waals surface area contributed by atoms with Gasteiger partial charge >= 0.3 is 0 Å². The van der Waals surface area contributed by atoms with Crippen LogP contribution in [0, 0.1) is 0 Å². The molecule has 0 aliphatic heterocycles. The molecule has 0 aliphatic rings. The van der Waals surface area contributed by atoms with Gasteiger partial charge in [0, 0.05) is 25.0 Å². The van der Waals surface area contributed by atoms with Crippen LogP contribution in [0.2, 0.25) is 0 Å². The molecule has 5 heteroatoms. The van der Waals surface area contributed by atoms with Crippen molar-refractivity contribution in [3.63, 3.8) is 0 Å². The normalized spacial score (nSPS) is 11.8. The molecule has 0 atom stereocenters. The van der Waals surface area contributed by atoms with Gasteiger partial charge in [-0.15, -0.1) is 0 Å². The molecule has 0 bridgehead atoms. The highest BCUT2D eigenvalue weighted by Crippen LogP contribution is 2.16. The van der Waals surface area contributed by atoms with Crippen LogP contribution in [-0.4, -0.2) is 33.0 Å². The second-order valence-corrected chi connectivity index (χ2v) is 7.11. The number of hydrogen-bond acceptors (Lipinski definition) is 4. The molecule has 1 rings (SSSR count). The Kier molecular flexibility index (Phi) is 4.40. The van der Waals surface area contributed by atoms with E-state index in [-0.39, 0.29) is 11.0 Å². The van der Waals surface area contributed by atoms with Gasteiger partial charge in [-0.1, -0.05) is 6.07 Å². The first-order valence-electron chi connectivity index (χ1n) is 5.61. The molecular formula is C12H20N2O2S. The van der Waals surface area contributed by atoms with Crippen LogP contribution in [0.15, 0.2) is 24.3 Å². The molecule has 0 saturated heterocycles. The van der Waals surface area contributed by atoms with E-state index in [9.17, 15) is 8.42 Å². The molecule has 17 heavy (non-hydrogen) atoms. The molecule has 0 amide bonds. The topological polar surface area (TPSA) is 63.4 Å². The summed E-state index contributed by atoms with van der Waals surface area (Å²) >= 11 is 0. The van der Waals surface area contributed by atoms with Crippen molar-refractivity contribution in [3.05, 3.63) is 24.3 Å². The lowest BCUT2D eigenvalue weighted by Gasteiger charge is -2.20. The Morgan fingerprint density at radius 3 is 2.53 bits per heavy atom. The zero-order chi connectivity index (χ0) is 13.1. The Balaban J connectivity index is 2.65. The van der Waals surface area contributed by atoms with Gasteiger partial charge < -0.3 is 10.6 Å². The summed E-state index contributed by atoms with van der Waals surface area (Å²) in [5.41, 5.74) is 7.30. The molecule has 0 aromatic heterocycles. The number of nitrogen functional groups attached to an aromatic ring is 1. The number of rotatable bonds is 5. The molecule has 0 fully saturated rings. The van der Waals surface area contributed by atoms with E-state index < -0.39 is 9.84 Å². The third kappa shape index (κ3) is 3.93. The van der Waals surface area contributed by atoms with E-state index in [1.54, 1.807) is 13.8 Å². The van der Waals surface area contributed by atoms with Crippen molar-refractivity contribution in [2.45, 2.75) is 19.1 Å². The van der Waals surface area contributed by atoms with Gasteiger partial charge in [0.05, 0.1) is 11.0 Å². The molecule has 1 aromatic rings. The van der Waals surface area contributed by atoms with Gasteiger partial charge in [-0.2, -0.15) is 0 Å². The van der Waals surface area contributed by atoms with Crippen LogP contribution in [-0.2, 0) is 9.84 Å². The van der Waals surface area contributed by atoms with Crippen LogP contribution in [0.3, 0.4) is 0 Å². The van der Waals surface area contributed by atoms with Crippen molar-refractivity contribution in [2.75, 3.05) is 30.0 Å². The molecule has 0 radical (unpaired) electrons. The van der Waals surface area contributed by atoms with Gasteiger partial charge in [-0.3, -0.25) is 0 Å². The van der Waals surface area contributed by atoms with E-state index in [1.807, 2.05) is 36.2 Å². The molecule has 1 aromatic carbocycles. The SMILES string of the molecule is CC(C)S(=O)(=O)CCN(C)c1cccc(N)c1.